The Balaban J connectivity index is 2.85. The van der Waals surface area contributed by atoms with E-state index < -0.39 is 0 Å². The summed E-state index contributed by atoms with van der Waals surface area (Å²) in [5.74, 6) is 0. The smallest absolute Gasteiger partial charge is 0.272 e. The van der Waals surface area contributed by atoms with Gasteiger partial charge in [-0.15, -0.1) is 0 Å². The molecular formula is C13H10ClN3OS. The molecule has 1 heterocycles. The molecule has 0 bridgehead atoms. The van der Waals surface area contributed by atoms with Gasteiger partial charge in [-0.25, -0.2) is 4.98 Å². The maximum absolute atomic E-state index is 12.1. The van der Waals surface area contributed by atoms with Crippen molar-refractivity contribution in [2.45, 2.75) is 5.16 Å². The molecule has 2 rings (SSSR count). The van der Waals surface area contributed by atoms with E-state index in [2.05, 4.69) is 4.98 Å². The zero-order valence-corrected chi connectivity index (χ0v) is 11.9. The van der Waals surface area contributed by atoms with Crippen molar-refractivity contribution in [2.75, 3.05) is 6.26 Å². The molecule has 19 heavy (non-hydrogen) atoms. The van der Waals surface area contributed by atoms with Crippen molar-refractivity contribution in [2.24, 2.45) is 7.05 Å². The van der Waals surface area contributed by atoms with E-state index in [1.165, 1.54) is 16.3 Å². The van der Waals surface area contributed by atoms with Crippen LogP contribution in [-0.4, -0.2) is 15.8 Å². The molecule has 6 heteroatoms. The van der Waals surface area contributed by atoms with Gasteiger partial charge in [0, 0.05) is 12.6 Å². The van der Waals surface area contributed by atoms with Crippen molar-refractivity contribution < 1.29 is 0 Å². The highest BCUT2D eigenvalue weighted by Crippen LogP contribution is 2.28. The molecule has 96 valence electrons. The van der Waals surface area contributed by atoms with Crippen LogP contribution in [-0.2, 0) is 7.05 Å². The van der Waals surface area contributed by atoms with Crippen molar-refractivity contribution in [3.05, 3.63) is 45.2 Å². The van der Waals surface area contributed by atoms with Crippen molar-refractivity contribution in [1.29, 1.82) is 5.26 Å². The van der Waals surface area contributed by atoms with Crippen LogP contribution in [0.5, 0.6) is 0 Å². The number of nitrogens with zero attached hydrogens (tertiary/aromatic N) is 3. The Morgan fingerprint density at radius 1 is 1.42 bits per heavy atom. The van der Waals surface area contributed by atoms with Crippen molar-refractivity contribution in [3.8, 4) is 17.3 Å². The molecule has 1 aromatic heterocycles. The first kappa shape index (κ1) is 13.7. The Labute approximate surface area is 119 Å². The fourth-order valence-electron chi connectivity index (χ4n) is 1.71. The number of benzene rings is 1. The molecule has 0 aliphatic heterocycles. The Morgan fingerprint density at radius 3 is 2.68 bits per heavy atom. The van der Waals surface area contributed by atoms with E-state index in [1.54, 1.807) is 31.3 Å². The van der Waals surface area contributed by atoms with Crippen LogP contribution in [0.3, 0.4) is 0 Å². The molecule has 0 amide bonds. The van der Waals surface area contributed by atoms with E-state index in [4.69, 9.17) is 11.6 Å². The Bertz CT molecular complexity index is 734. The third-order valence-corrected chi connectivity index (χ3v) is 3.73. The van der Waals surface area contributed by atoms with Crippen LogP contribution in [0.4, 0.5) is 0 Å². The first-order chi connectivity index (χ1) is 9.10. The third kappa shape index (κ3) is 2.37. The summed E-state index contributed by atoms with van der Waals surface area (Å²) >= 11 is 7.45. The number of rotatable bonds is 2. The number of hydrogen-bond acceptors (Lipinski definition) is 4. The lowest BCUT2D eigenvalue weighted by Crippen LogP contribution is -2.23. The SMILES string of the molecule is CSc1nc(-c2ccccc2Cl)c(C#N)c(=O)n1C. The summed E-state index contributed by atoms with van der Waals surface area (Å²) in [7, 11) is 1.60. The fraction of sp³-hybridized carbons (Fsp3) is 0.154. The van der Waals surface area contributed by atoms with Crippen molar-refractivity contribution in [1.82, 2.24) is 9.55 Å². The number of nitriles is 1. The summed E-state index contributed by atoms with van der Waals surface area (Å²) < 4.78 is 1.36. The van der Waals surface area contributed by atoms with Gasteiger partial charge in [-0.1, -0.05) is 41.6 Å². The summed E-state index contributed by atoms with van der Waals surface area (Å²) in [6, 6.07) is 8.95. The van der Waals surface area contributed by atoms with Crippen LogP contribution < -0.4 is 5.56 Å². The minimum Gasteiger partial charge on any atom is -0.290 e. The number of hydrogen-bond donors (Lipinski definition) is 0. The van der Waals surface area contributed by atoms with Crippen LogP contribution >= 0.6 is 23.4 Å². The average molecular weight is 292 g/mol. The van der Waals surface area contributed by atoms with E-state index in [9.17, 15) is 10.1 Å². The highest BCUT2D eigenvalue weighted by Gasteiger charge is 2.17. The molecule has 0 atom stereocenters. The van der Waals surface area contributed by atoms with Gasteiger partial charge in [0.05, 0.1) is 10.7 Å². The molecule has 0 fully saturated rings. The van der Waals surface area contributed by atoms with E-state index >= 15 is 0 Å². The highest BCUT2D eigenvalue weighted by molar-refractivity contribution is 7.98. The van der Waals surface area contributed by atoms with Gasteiger partial charge in [0.25, 0.3) is 5.56 Å². The minimum absolute atomic E-state index is 0.00778. The topological polar surface area (TPSA) is 58.7 Å². The zero-order valence-electron chi connectivity index (χ0n) is 10.3. The molecule has 0 radical (unpaired) electrons. The first-order valence-corrected chi connectivity index (χ1v) is 7.00. The molecule has 0 saturated carbocycles. The second kappa shape index (κ2) is 5.47. The van der Waals surface area contributed by atoms with Gasteiger partial charge in [-0.2, -0.15) is 5.26 Å². The van der Waals surface area contributed by atoms with E-state index in [-0.39, 0.29) is 11.1 Å². The highest BCUT2D eigenvalue weighted by atomic mass is 35.5. The summed E-state index contributed by atoms with van der Waals surface area (Å²) in [6.07, 6.45) is 1.82. The fourth-order valence-corrected chi connectivity index (χ4v) is 2.48. The second-order valence-electron chi connectivity index (χ2n) is 3.78. The Kier molecular flexibility index (Phi) is 3.93. The van der Waals surface area contributed by atoms with Gasteiger partial charge < -0.3 is 0 Å². The molecule has 0 aliphatic rings. The summed E-state index contributed by atoms with van der Waals surface area (Å²) in [5.41, 5.74) is 0.569. The number of halogens is 1. The summed E-state index contributed by atoms with van der Waals surface area (Å²) in [4.78, 5) is 16.5. The molecule has 0 saturated heterocycles. The van der Waals surface area contributed by atoms with Gasteiger partial charge in [-0.05, 0) is 12.3 Å². The molecule has 4 nitrogen and oxygen atoms in total. The lowest BCUT2D eigenvalue weighted by molar-refractivity contribution is 0.709. The normalized spacial score (nSPS) is 10.2. The lowest BCUT2D eigenvalue weighted by Gasteiger charge is -2.10. The van der Waals surface area contributed by atoms with Gasteiger partial charge in [0.2, 0.25) is 0 Å². The minimum atomic E-state index is -0.364. The van der Waals surface area contributed by atoms with Crippen molar-refractivity contribution >= 4 is 23.4 Å². The predicted octanol–water partition coefficient (Wildman–Crippen LogP) is 2.69. The number of aromatic nitrogens is 2. The van der Waals surface area contributed by atoms with Crippen LogP contribution in [0.15, 0.2) is 34.2 Å². The third-order valence-electron chi connectivity index (χ3n) is 2.67. The van der Waals surface area contributed by atoms with Crippen LogP contribution in [0.25, 0.3) is 11.3 Å². The van der Waals surface area contributed by atoms with Crippen LogP contribution in [0, 0.1) is 11.3 Å². The molecule has 1 aromatic carbocycles. The van der Waals surface area contributed by atoms with Gasteiger partial charge >= 0.3 is 0 Å². The molecule has 0 aliphatic carbocycles. The molecule has 0 spiro atoms. The Hall–Kier alpha value is -1.77. The molecule has 0 unspecified atom stereocenters. The molecule has 0 N–H and O–H groups in total. The number of thioether (sulfide) groups is 1. The quantitative estimate of drug-likeness (QED) is 0.630. The zero-order chi connectivity index (χ0) is 14.0. The molecular weight excluding hydrogens is 282 g/mol. The molecule has 2 aromatic rings. The largest absolute Gasteiger partial charge is 0.290 e. The van der Waals surface area contributed by atoms with Crippen LogP contribution in [0.2, 0.25) is 5.02 Å². The van der Waals surface area contributed by atoms with E-state index in [1.807, 2.05) is 12.3 Å². The van der Waals surface area contributed by atoms with Crippen molar-refractivity contribution in [3.63, 3.8) is 0 Å². The monoisotopic (exact) mass is 291 g/mol. The van der Waals surface area contributed by atoms with Crippen LogP contribution in [0.1, 0.15) is 5.56 Å². The van der Waals surface area contributed by atoms with Gasteiger partial charge in [0.15, 0.2) is 5.16 Å². The summed E-state index contributed by atoms with van der Waals surface area (Å²) in [6.45, 7) is 0. The van der Waals surface area contributed by atoms with E-state index in [0.29, 0.717) is 21.4 Å². The Morgan fingerprint density at radius 2 is 2.11 bits per heavy atom. The first-order valence-electron chi connectivity index (χ1n) is 5.40. The standard InChI is InChI=1S/C13H10ClN3OS/c1-17-12(18)9(7-15)11(16-13(17)19-2)8-5-3-4-6-10(8)14/h3-6H,1-2H3. The maximum Gasteiger partial charge on any atom is 0.272 e. The van der Waals surface area contributed by atoms with Gasteiger partial charge in [0.1, 0.15) is 11.6 Å². The van der Waals surface area contributed by atoms with Gasteiger partial charge in [-0.3, -0.25) is 9.36 Å². The summed E-state index contributed by atoms with van der Waals surface area (Å²) in [5, 5.41) is 10.2. The maximum atomic E-state index is 12.1. The van der Waals surface area contributed by atoms with E-state index in [0.717, 1.165) is 0 Å². The predicted molar refractivity (Wildman–Crippen MR) is 76.4 cm³/mol. The lowest BCUT2D eigenvalue weighted by atomic mass is 10.1. The second-order valence-corrected chi connectivity index (χ2v) is 4.96. The average Bonchev–Trinajstić information content (AvgIpc) is 2.42.